The molecule has 0 unspecified atom stereocenters. The second kappa shape index (κ2) is 10.7. The summed E-state index contributed by atoms with van der Waals surface area (Å²) in [5, 5.41) is 15.5. The van der Waals surface area contributed by atoms with E-state index in [9.17, 15) is 9.59 Å². The molecule has 1 fully saturated rings. The molecule has 0 spiro atoms. The molecule has 8 nitrogen and oxygen atoms in total. The smallest absolute Gasteiger partial charge is 0.283 e. The Morgan fingerprint density at radius 1 is 1.16 bits per heavy atom. The molecule has 2 amide bonds. The third-order valence-electron chi connectivity index (χ3n) is 7.61. The fourth-order valence-electron chi connectivity index (χ4n) is 5.16. The Balaban J connectivity index is 1.37. The number of aryl methyl sites for hydroxylation is 1. The molecule has 1 saturated heterocycles. The van der Waals surface area contributed by atoms with Crippen molar-refractivity contribution >= 4 is 45.7 Å². The number of amidine groups is 2. The molecule has 0 aliphatic carbocycles. The molecule has 1 aromatic carbocycles. The van der Waals surface area contributed by atoms with Crippen LogP contribution in [-0.2, 0) is 9.59 Å². The molecule has 1 N–H and O–H groups in total. The fourth-order valence-corrected chi connectivity index (χ4v) is 6.04. The van der Waals surface area contributed by atoms with Gasteiger partial charge in [0.25, 0.3) is 5.91 Å². The van der Waals surface area contributed by atoms with Crippen LogP contribution in [0.5, 0.6) is 0 Å². The Labute approximate surface area is 228 Å². The fraction of sp³-hybridized carbons (Fsp3) is 0.414. The van der Waals surface area contributed by atoms with Gasteiger partial charge in [0.05, 0.1) is 12.0 Å². The van der Waals surface area contributed by atoms with Gasteiger partial charge in [-0.15, -0.1) is 0 Å². The number of fused-ring (bicyclic) bond motifs is 1. The number of benzene rings is 1. The topological polar surface area (TPSA) is 94.1 Å². The molecule has 0 saturated carbocycles. The van der Waals surface area contributed by atoms with E-state index in [2.05, 4.69) is 52.8 Å². The van der Waals surface area contributed by atoms with Gasteiger partial charge in [-0.3, -0.25) is 15.0 Å². The highest BCUT2D eigenvalue weighted by atomic mass is 32.2. The molecule has 5 rings (SSSR count). The van der Waals surface area contributed by atoms with Crippen molar-refractivity contribution in [3.8, 4) is 5.69 Å². The molecule has 3 aliphatic heterocycles. The molecule has 9 heteroatoms. The summed E-state index contributed by atoms with van der Waals surface area (Å²) in [6.07, 6.45) is 6.21. The van der Waals surface area contributed by atoms with Gasteiger partial charge in [0.1, 0.15) is 5.04 Å². The molecule has 0 radical (unpaired) electrons. The number of likely N-dealkylation sites (tertiary alicyclic amines) is 1. The molecule has 3 aliphatic rings. The van der Waals surface area contributed by atoms with Crippen LogP contribution in [0.25, 0.3) is 11.8 Å². The van der Waals surface area contributed by atoms with Crippen molar-refractivity contribution in [2.75, 3.05) is 13.1 Å². The molecular weight excluding hydrogens is 496 g/mol. The second-order valence-corrected chi connectivity index (χ2v) is 11.2. The average molecular weight is 531 g/mol. The summed E-state index contributed by atoms with van der Waals surface area (Å²) >= 11 is 1.20. The van der Waals surface area contributed by atoms with Gasteiger partial charge in [0.2, 0.25) is 11.1 Å². The Hall–Kier alpha value is -3.46. The van der Waals surface area contributed by atoms with Crippen molar-refractivity contribution in [3.63, 3.8) is 0 Å². The number of carbonyl (C=O) groups is 2. The number of nitrogens with zero attached hydrogens (tertiary/aromatic N) is 5. The van der Waals surface area contributed by atoms with Crippen LogP contribution in [0.1, 0.15) is 74.4 Å². The van der Waals surface area contributed by atoms with E-state index >= 15 is 0 Å². The SMILES string of the molecule is CC[C@H](C)c1ccc(-n2c(C)cc(/C=C3/C(=N)N4N=C(CC(=O)N5CCCCC5)SC4=NC3=O)c2C)cc1. The molecular formula is C29H34N6O2S. The van der Waals surface area contributed by atoms with Gasteiger partial charge in [-0.1, -0.05) is 26.0 Å². The van der Waals surface area contributed by atoms with Crippen LogP contribution in [-0.4, -0.2) is 55.4 Å². The zero-order chi connectivity index (χ0) is 27.0. The van der Waals surface area contributed by atoms with Gasteiger partial charge in [0.15, 0.2) is 5.84 Å². The van der Waals surface area contributed by atoms with Crippen LogP contribution in [0.4, 0.5) is 0 Å². The van der Waals surface area contributed by atoms with Crippen LogP contribution in [0, 0.1) is 19.3 Å². The Morgan fingerprint density at radius 2 is 1.87 bits per heavy atom. The number of hydrogen-bond donors (Lipinski definition) is 1. The first kappa shape index (κ1) is 26.2. The molecule has 1 atom stereocenters. The number of hydrazone groups is 1. The van der Waals surface area contributed by atoms with Crippen molar-refractivity contribution in [1.29, 1.82) is 5.41 Å². The normalized spacial score (nSPS) is 19.5. The third-order valence-corrected chi connectivity index (χ3v) is 8.52. The van der Waals surface area contributed by atoms with Crippen molar-refractivity contribution in [1.82, 2.24) is 14.5 Å². The number of carbonyl (C=O) groups excluding carboxylic acids is 2. The summed E-state index contributed by atoms with van der Waals surface area (Å²) in [7, 11) is 0. The number of amides is 2. The molecule has 0 bridgehead atoms. The first-order chi connectivity index (χ1) is 18.3. The summed E-state index contributed by atoms with van der Waals surface area (Å²) in [5.74, 6) is 0.0697. The Kier molecular flexibility index (Phi) is 7.38. The lowest BCUT2D eigenvalue weighted by Gasteiger charge is -2.26. The van der Waals surface area contributed by atoms with Crippen LogP contribution < -0.4 is 0 Å². The van der Waals surface area contributed by atoms with E-state index in [0.29, 0.717) is 16.1 Å². The van der Waals surface area contributed by atoms with E-state index in [1.54, 1.807) is 6.08 Å². The quantitative estimate of drug-likeness (QED) is 0.490. The average Bonchev–Trinajstić information content (AvgIpc) is 3.45. The van der Waals surface area contributed by atoms with Crippen LogP contribution in [0.15, 0.2) is 46.0 Å². The van der Waals surface area contributed by atoms with Crippen molar-refractivity contribution in [2.24, 2.45) is 10.1 Å². The van der Waals surface area contributed by atoms with Crippen molar-refractivity contribution in [2.45, 2.75) is 65.7 Å². The van der Waals surface area contributed by atoms with E-state index in [4.69, 9.17) is 5.41 Å². The number of nitrogens with one attached hydrogen (secondary N) is 1. The lowest BCUT2D eigenvalue weighted by molar-refractivity contribution is -0.130. The van der Waals surface area contributed by atoms with E-state index < -0.39 is 5.91 Å². The van der Waals surface area contributed by atoms with Gasteiger partial charge in [-0.25, -0.2) is 0 Å². The maximum absolute atomic E-state index is 13.0. The molecule has 198 valence electrons. The van der Waals surface area contributed by atoms with Crippen LogP contribution in [0.3, 0.4) is 0 Å². The molecule has 1 aromatic heterocycles. The maximum Gasteiger partial charge on any atom is 0.283 e. The number of thioether (sulfide) groups is 1. The zero-order valence-corrected chi connectivity index (χ0v) is 23.3. The lowest BCUT2D eigenvalue weighted by Crippen LogP contribution is -2.36. The lowest BCUT2D eigenvalue weighted by atomic mass is 9.98. The summed E-state index contributed by atoms with van der Waals surface area (Å²) in [6.45, 7) is 10.0. The number of hydrogen-bond acceptors (Lipinski definition) is 5. The first-order valence-corrected chi connectivity index (χ1v) is 14.1. The minimum atomic E-state index is -0.463. The summed E-state index contributed by atoms with van der Waals surface area (Å²) in [6, 6.07) is 10.6. The second-order valence-electron chi connectivity index (χ2n) is 10.2. The zero-order valence-electron chi connectivity index (χ0n) is 22.5. The number of piperidine rings is 1. The van der Waals surface area contributed by atoms with Gasteiger partial charge in [-0.2, -0.15) is 15.1 Å². The van der Waals surface area contributed by atoms with Crippen LogP contribution >= 0.6 is 11.8 Å². The molecule has 4 heterocycles. The largest absolute Gasteiger partial charge is 0.342 e. The van der Waals surface area contributed by atoms with Gasteiger partial charge in [-0.05, 0) is 92.6 Å². The summed E-state index contributed by atoms with van der Waals surface area (Å²) in [5.41, 5.74) is 5.44. The van der Waals surface area contributed by atoms with E-state index in [-0.39, 0.29) is 23.7 Å². The van der Waals surface area contributed by atoms with E-state index in [1.807, 2.05) is 24.8 Å². The number of aliphatic imine (C=N–C) groups is 1. The van der Waals surface area contributed by atoms with Gasteiger partial charge >= 0.3 is 0 Å². The van der Waals surface area contributed by atoms with E-state index in [0.717, 1.165) is 61.4 Å². The molecule has 2 aromatic rings. The Bertz CT molecular complexity index is 1380. The van der Waals surface area contributed by atoms with Gasteiger partial charge < -0.3 is 9.47 Å². The van der Waals surface area contributed by atoms with Crippen LogP contribution in [0.2, 0.25) is 0 Å². The highest BCUT2D eigenvalue weighted by Gasteiger charge is 2.36. The first-order valence-electron chi connectivity index (χ1n) is 13.3. The third kappa shape index (κ3) is 4.99. The van der Waals surface area contributed by atoms with Crippen molar-refractivity contribution in [3.05, 3.63) is 58.4 Å². The predicted molar refractivity (Wildman–Crippen MR) is 154 cm³/mol. The van der Waals surface area contributed by atoms with Gasteiger partial charge in [0, 0.05) is 30.2 Å². The highest BCUT2D eigenvalue weighted by molar-refractivity contribution is 8.27. The maximum atomic E-state index is 13.0. The monoisotopic (exact) mass is 530 g/mol. The standard InChI is InChI=1S/C29H34N6O2S/c1-5-18(2)21-9-11-23(12-10-21)34-19(3)15-22(20(34)4)16-24-27(30)35-29(31-28(24)37)38-25(32-35)17-26(36)33-13-7-6-8-14-33/h9-12,15-16,18,30H,5-8,13-14,17H2,1-4H3/b24-16-,30-27?/t18-/m0/s1. The van der Waals surface area contributed by atoms with Crippen molar-refractivity contribution < 1.29 is 9.59 Å². The minimum Gasteiger partial charge on any atom is -0.342 e. The summed E-state index contributed by atoms with van der Waals surface area (Å²) in [4.78, 5) is 31.7. The summed E-state index contributed by atoms with van der Waals surface area (Å²) < 4.78 is 2.16. The number of aromatic nitrogens is 1. The number of rotatable bonds is 6. The predicted octanol–water partition coefficient (Wildman–Crippen LogP) is 5.63. The minimum absolute atomic E-state index is 0.0179. The van der Waals surface area contributed by atoms with E-state index in [1.165, 1.54) is 22.3 Å². The highest BCUT2D eigenvalue weighted by Crippen LogP contribution is 2.31. The Morgan fingerprint density at radius 3 is 2.55 bits per heavy atom. The molecule has 38 heavy (non-hydrogen) atoms.